The molecule has 1 saturated carbocycles. The molecule has 1 aliphatic carbocycles. The van der Waals surface area contributed by atoms with Crippen molar-refractivity contribution >= 4 is 21.9 Å². The zero-order chi connectivity index (χ0) is 11.0. The van der Waals surface area contributed by atoms with E-state index in [2.05, 4.69) is 25.9 Å². The largest absolute Gasteiger partial charge is 0.480 e. The Morgan fingerprint density at radius 1 is 1.67 bits per heavy atom. The van der Waals surface area contributed by atoms with Crippen LogP contribution < -0.4 is 5.73 Å². The fourth-order valence-electron chi connectivity index (χ4n) is 1.27. The maximum Gasteiger partial charge on any atom is 0.326 e. The number of rotatable bonds is 3. The van der Waals surface area contributed by atoms with E-state index in [4.69, 9.17) is 10.8 Å². The monoisotopic (exact) mass is 271 g/mol. The second-order valence-corrected chi connectivity index (χ2v) is 4.41. The van der Waals surface area contributed by atoms with Crippen LogP contribution in [0.15, 0.2) is 10.7 Å². The van der Waals surface area contributed by atoms with Crippen molar-refractivity contribution in [2.45, 2.75) is 24.8 Å². The molecule has 1 aromatic rings. The Morgan fingerprint density at radius 3 is 2.87 bits per heavy atom. The van der Waals surface area contributed by atoms with Gasteiger partial charge < -0.3 is 10.8 Å². The first-order chi connectivity index (χ1) is 7.09. The quantitative estimate of drug-likeness (QED) is 0.863. The number of carbonyl (C=O) groups is 1. The number of nitrogens with two attached hydrogens (primary N) is 1. The van der Waals surface area contributed by atoms with Crippen LogP contribution in [0, 0.1) is 0 Å². The second kappa shape index (κ2) is 3.86. The molecule has 1 unspecified atom stereocenters. The minimum absolute atomic E-state index is 0.347. The molecular weight excluding hydrogens is 262 g/mol. The lowest BCUT2D eigenvalue weighted by Crippen LogP contribution is -2.23. The summed E-state index contributed by atoms with van der Waals surface area (Å²) < 4.78 is 0.543. The van der Waals surface area contributed by atoms with Crippen molar-refractivity contribution in [3.8, 4) is 0 Å². The molecule has 0 bridgehead atoms. The highest BCUT2D eigenvalue weighted by Gasteiger charge is 2.28. The van der Waals surface area contributed by atoms with Gasteiger partial charge in [0.2, 0.25) is 0 Å². The van der Waals surface area contributed by atoms with Crippen LogP contribution >= 0.6 is 15.9 Å². The smallest absolute Gasteiger partial charge is 0.326 e. The zero-order valence-electron chi connectivity index (χ0n) is 7.85. The van der Waals surface area contributed by atoms with Gasteiger partial charge in [-0.15, -0.1) is 0 Å². The summed E-state index contributed by atoms with van der Waals surface area (Å²) in [6.07, 6.45) is 3.71. The molecule has 1 aromatic heterocycles. The van der Waals surface area contributed by atoms with Crippen LogP contribution in [0.3, 0.4) is 0 Å². The van der Waals surface area contributed by atoms with Crippen LogP contribution in [-0.2, 0) is 4.79 Å². The zero-order valence-corrected chi connectivity index (χ0v) is 9.44. The molecule has 1 fully saturated rings. The Hall–Kier alpha value is -1.01. The van der Waals surface area contributed by atoms with Gasteiger partial charge in [-0.05, 0) is 28.8 Å². The molecular formula is C9H10BrN3O2. The predicted octanol–water partition coefficient (Wildman–Crippen LogP) is 1.20. The predicted molar refractivity (Wildman–Crippen MR) is 56.3 cm³/mol. The molecule has 0 spiro atoms. The fourth-order valence-corrected chi connectivity index (χ4v) is 1.71. The highest BCUT2D eigenvalue weighted by atomic mass is 79.9. The van der Waals surface area contributed by atoms with E-state index in [1.807, 2.05) is 0 Å². The summed E-state index contributed by atoms with van der Waals surface area (Å²) in [6.45, 7) is 0. The van der Waals surface area contributed by atoms with Crippen molar-refractivity contribution in [1.82, 2.24) is 9.97 Å². The Morgan fingerprint density at radius 2 is 2.33 bits per heavy atom. The summed E-state index contributed by atoms with van der Waals surface area (Å²) in [5.41, 5.74) is 5.85. The van der Waals surface area contributed by atoms with Gasteiger partial charge in [0.15, 0.2) is 0 Å². The van der Waals surface area contributed by atoms with Gasteiger partial charge in [-0.1, -0.05) is 0 Å². The lowest BCUT2D eigenvalue weighted by Gasteiger charge is -2.09. The lowest BCUT2D eigenvalue weighted by atomic mass is 10.2. The Balaban J connectivity index is 2.35. The number of carboxylic acid groups (broad SMARTS) is 1. The molecule has 0 aromatic carbocycles. The number of aromatic nitrogens is 2. The first-order valence-corrected chi connectivity index (χ1v) is 5.39. The first-order valence-electron chi connectivity index (χ1n) is 4.60. The Labute approximate surface area is 94.9 Å². The third-order valence-electron chi connectivity index (χ3n) is 2.29. The summed E-state index contributed by atoms with van der Waals surface area (Å²) in [7, 11) is 0. The van der Waals surface area contributed by atoms with E-state index in [-0.39, 0.29) is 0 Å². The molecule has 1 atom stereocenters. The van der Waals surface area contributed by atoms with Gasteiger partial charge in [0.1, 0.15) is 11.9 Å². The van der Waals surface area contributed by atoms with Gasteiger partial charge in [0, 0.05) is 12.1 Å². The van der Waals surface area contributed by atoms with Crippen molar-refractivity contribution in [2.24, 2.45) is 5.73 Å². The van der Waals surface area contributed by atoms with E-state index in [1.54, 1.807) is 6.20 Å². The minimum Gasteiger partial charge on any atom is -0.480 e. The molecule has 0 aliphatic heterocycles. The molecule has 5 nitrogen and oxygen atoms in total. The van der Waals surface area contributed by atoms with E-state index in [0.717, 1.165) is 12.8 Å². The number of aliphatic carboxylic acids is 1. The molecule has 1 aliphatic rings. The SMILES string of the molecule is NC(C(=O)O)c1nc(C2CC2)ncc1Br. The Kier molecular flexibility index (Phi) is 2.70. The molecule has 6 heteroatoms. The van der Waals surface area contributed by atoms with Gasteiger partial charge >= 0.3 is 5.97 Å². The first kappa shape index (κ1) is 10.5. The van der Waals surface area contributed by atoms with Crippen LogP contribution in [0.4, 0.5) is 0 Å². The Bertz CT molecular complexity index is 406. The van der Waals surface area contributed by atoms with E-state index in [9.17, 15) is 4.79 Å². The van der Waals surface area contributed by atoms with Crippen molar-refractivity contribution in [3.05, 3.63) is 22.2 Å². The average Bonchev–Trinajstić information content (AvgIpc) is 3.01. The number of hydrogen-bond donors (Lipinski definition) is 2. The summed E-state index contributed by atoms with van der Waals surface area (Å²) in [4.78, 5) is 19.1. The number of halogens is 1. The number of carboxylic acids is 1. The van der Waals surface area contributed by atoms with Crippen molar-refractivity contribution in [1.29, 1.82) is 0 Å². The molecule has 2 rings (SSSR count). The van der Waals surface area contributed by atoms with Crippen LogP contribution in [0.2, 0.25) is 0 Å². The van der Waals surface area contributed by atoms with Crippen LogP contribution in [0.5, 0.6) is 0 Å². The topological polar surface area (TPSA) is 89.1 Å². The van der Waals surface area contributed by atoms with Crippen LogP contribution in [-0.4, -0.2) is 21.0 Å². The van der Waals surface area contributed by atoms with Gasteiger partial charge in [0.25, 0.3) is 0 Å². The summed E-state index contributed by atoms with van der Waals surface area (Å²) >= 11 is 3.20. The highest BCUT2D eigenvalue weighted by Crippen LogP contribution is 2.38. The number of nitrogens with zero attached hydrogens (tertiary/aromatic N) is 2. The molecule has 0 saturated heterocycles. The van der Waals surface area contributed by atoms with E-state index in [0.29, 0.717) is 21.9 Å². The number of hydrogen-bond acceptors (Lipinski definition) is 4. The van der Waals surface area contributed by atoms with Gasteiger partial charge in [0.05, 0.1) is 10.2 Å². The molecule has 1 heterocycles. The average molecular weight is 272 g/mol. The second-order valence-electron chi connectivity index (χ2n) is 3.55. The summed E-state index contributed by atoms with van der Waals surface area (Å²) in [6, 6.07) is -1.10. The highest BCUT2D eigenvalue weighted by molar-refractivity contribution is 9.10. The van der Waals surface area contributed by atoms with Crippen molar-refractivity contribution in [3.63, 3.8) is 0 Å². The standard InChI is InChI=1S/C9H10BrN3O2/c10-5-3-12-8(4-1-2-4)13-7(5)6(11)9(14)15/h3-4,6H,1-2,11H2,(H,14,15). The molecule has 3 N–H and O–H groups in total. The van der Waals surface area contributed by atoms with Gasteiger partial charge in [-0.3, -0.25) is 4.79 Å². The molecule has 80 valence electrons. The van der Waals surface area contributed by atoms with Crippen molar-refractivity contribution < 1.29 is 9.90 Å². The van der Waals surface area contributed by atoms with Crippen molar-refractivity contribution in [2.75, 3.05) is 0 Å². The van der Waals surface area contributed by atoms with Gasteiger partial charge in [-0.2, -0.15) is 0 Å². The minimum atomic E-state index is -1.10. The van der Waals surface area contributed by atoms with Gasteiger partial charge in [-0.25, -0.2) is 9.97 Å². The molecule has 0 radical (unpaired) electrons. The van der Waals surface area contributed by atoms with E-state index >= 15 is 0 Å². The summed E-state index contributed by atoms with van der Waals surface area (Å²) in [5, 5.41) is 8.80. The fraction of sp³-hybridized carbons (Fsp3) is 0.444. The third kappa shape index (κ3) is 2.15. The lowest BCUT2D eigenvalue weighted by molar-refractivity contribution is -0.138. The normalized spacial score (nSPS) is 17.5. The third-order valence-corrected chi connectivity index (χ3v) is 2.90. The maximum atomic E-state index is 10.7. The van der Waals surface area contributed by atoms with E-state index < -0.39 is 12.0 Å². The van der Waals surface area contributed by atoms with Crippen LogP contribution in [0.25, 0.3) is 0 Å². The maximum absolute atomic E-state index is 10.7. The summed E-state index contributed by atoms with van der Waals surface area (Å²) in [5.74, 6) is -0.00103. The van der Waals surface area contributed by atoms with Crippen LogP contribution in [0.1, 0.15) is 36.3 Å². The molecule has 15 heavy (non-hydrogen) atoms. The van der Waals surface area contributed by atoms with E-state index in [1.165, 1.54) is 0 Å². The molecule has 0 amide bonds.